The van der Waals surface area contributed by atoms with Gasteiger partial charge in [-0.2, -0.15) is 0 Å². The van der Waals surface area contributed by atoms with Crippen molar-refractivity contribution < 1.29 is 15.3 Å². The lowest BCUT2D eigenvalue weighted by Gasteiger charge is -1.85. The average molecular weight is 460 g/mol. The van der Waals surface area contributed by atoms with Gasteiger partial charge in [-0.05, 0) is 19.3 Å². The Labute approximate surface area is 182 Å². The Morgan fingerprint density at radius 3 is 1.12 bits per heavy atom. The Morgan fingerprint density at radius 2 is 1.04 bits per heavy atom. The van der Waals surface area contributed by atoms with Gasteiger partial charge in [0.15, 0.2) is 0 Å². The third kappa shape index (κ3) is 191. The molecule has 0 aliphatic heterocycles. The molecule has 0 unspecified atom stereocenters. The smallest absolute Gasteiger partial charge is 0.0662 e. The van der Waals surface area contributed by atoms with Crippen molar-refractivity contribution in [3.8, 4) is 12.8 Å². The number of unbranched alkanes of at least 4 members (excludes halogenated alkanes) is 4. The minimum atomic E-state index is -0.125. The molecule has 0 bridgehead atoms. The first-order chi connectivity index (χ1) is 11.7. The zero-order valence-corrected chi connectivity index (χ0v) is 18.2. The van der Waals surface area contributed by atoms with Gasteiger partial charge in [0.25, 0.3) is 0 Å². The highest BCUT2D eigenvalue weighted by Crippen LogP contribution is 1.93. The van der Waals surface area contributed by atoms with Gasteiger partial charge in [-0.15, -0.1) is 24.4 Å². The van der Waals surface area contributed by atoms with E-state index in [1.165, 1.54) is 32.1 Å². The molecule has 0 heterocycles. The van der Waals surface area contributed by atoms with E-state index in [-0.39, 0.29) is 28.1 Å². The first-order valence-electron chi connectivity index (χ1n) is 8.27. The summed E-state index contributed by atoms with van der Waals surface area (Å²) in [7, 11) is 8.00. The number of hydrogen-bond donors (Lipinski definition) is 3. The Hall–Kier alpha value is 0.340. The van der Waals surface area contributed by atoms with E-state index >= 15 is 0 Å². The molecule has 26 heavy (non-hydrogen) atoms. The molecule has 0 saturated heterocycles. The molecule has 0 aliphatic carbocycles. The minimum absolute atomic E-state index is 0. The molecule has 0 fully saturated rings. The summed E-state index contributed by atoms with van der Waals surface area (Å²) in [6.07, 6.45) is 16.3. The molecule has 160 valence electrons. The summed E-state index contributed by atoms with van der Waals surface area (Å²) in [5.41, 5.74) is 0. The molecule has 3 N–H and O–H groups in total. The molecule has 0 aromatic heterocycles. The fraction of sp³-hybridized carbons (Fsp3) is 0.895. The van der Waals surface area contributed by atoms with Gasteiger partial charge in [0.1, 0.15) is 0 Å². The standard InChI is InChI=1S/C5H11Cl.C5H12O.C3H7Br.C2H6O2.C2H2.2CH4.B2/c2*1-2-3-4-5-6;1-2-3-4;3-1-2-4;1-2;;;1-2/h2-5H2,1H3;6H,2-5H2,1H3;2-3H2,1H3;3-4H,1-2H2;1-2H;2*1H4;. The third-order valence-electron chi connectivity index (χ3n) is 1.79. The van der Waals surface area contributed by atoms with Crippen LogP contribution in [0.15, 0.2) is 0 Å². The number of terminal acetylenes is 1. The number of aliphatic hydroxyl groups excluding tert-OH is 3. The predicted octanol–water partition coefficient (Wildman–Crippen LogP) is 5.11. The van der Waals surface area contributed by atoms with Gasteiger partial charge in [-0.3, -0.25) is 0 Å². The molecule has 0 aliphatic rings. The number of hydrogen-bond acceptors (Lipinski definition) is 3. The van der Waals surface area contributed by atoms with Crippen molar-refractivity contribution in [1.82, 2.24) is 0 Å². The fourth-order valence-electron chi connectivity index (χ4n) is 0.706. The SMILES string of the molecule is C.C.C#C.CCCBr.CCCCCCl.CCCCCO.OCCO.[B][B]. The van der Waals surface area contributed by atoms with Crippen molar-refractivity contribution in [1.29, 1.82) is 0 Å². The second-order valence-electron chi connectivity index (χ2n) is 3.96. The van der Waals surface area contributed by atoms with Gasteiger partial charge in [0.2, 0.25) is 0 Å². The van der Waals surface area contributed by atoms with Gasteiger partial charge in [-0.1, -0.05) is 77.2 Å². The molecule has 3 nitrogen and oxygen atoms in total. The van der Waals surface area contributed by atoms with E-state index in [1.807, 2.05) is 0 Å². The Balaban J connectivity index is -0.0000000257. The maximum Gasteiger partial charge on any atom is 0.0662 e. The molecule has 7 heteroatoms. The zero-order valence-electron chi connectivity index (χ0n) is 15.9. The Morgan fingerprint density at radius 1 is 0.731 bits per heavy atom. The number of halogens is 2. The second kappa shape index (κ2) is 98.6. The maximum atomic E-state index is 8.20. The number of alkyl halides is 2. The van der Waals surface area contributed by atoms with Crippen molar-refractivity contribution >= 4 is 43.0 Å². The first kappa shape index (κ1) is 50.3. The summed E-state index contributed by atoms with van der Waals surface area (Å²) in [4.78, 5) is 0. The van der Waals surface area contributed by atoms with Crippen molar-refractivity contribution in [3.63, 3.8) is 0 Å². The summed E-state index contributed by atoms with van der Waals surface area (Å²) < 4.78 is 0. The third-order valence-corrected chi connectivity index (χ3v) is 2.85. The van der Waals surface area contributed by atoms with Crippen LogP contribution in [0, 0.1) is 12.8 Å². The van der Waals surface area contributed by atoms with Crippen molar-refractivity contribution in [2.24, 2.45) is 0 Å². The first-order valence-corrected chi connectivity index (χ1v) is 9.93. The molecule has 0 rings (SSSR count). The predicted molar refractivity (Wildman–Crippen MR) is 130 cm³/mol. The van der Waals surface area contributed by atoms with Crippen molar-refractivity contribution in [2.45, 2.75) is 80.6 Å². The topological polar surface area (TPSA) is 60.7 Å². The highest BCUT2D eigenvalue weighted by atomic mass is 79.9. The lowest BCUT2D eigenvalue weighted by Crippen LogP contribution is -1.85. The van der Waals surface area contributed by atoms with E-state index < -0.39 is 0 Å². The fourth-order valence-corrected chi connectivity index (χ4v) is 0.895. The average Bonchev–Trinajstić information content (AvgIpc) is 2.68. The number of aliphatic hydroxyl groups is 3. The van der Waals surface area contributed by atoms with E-state index in [9.17, 15) is 0 Å². The highest BCUT2D eigenvalue weighted by Gasteiger charge is 1.77. The van der Waals surface area contributed by atoms with Gasteiger partial charge < -0.3 is 15.3 Å². The molecule has 0 saturated carbocycles. The Kier molecular flexibility index (Phi) is 191. The maximum absolute atomic E-state index is 8.20. The van der Waals surface area contributed by atoms with E-state index in [4.69, 9.17) is 26.9 Å². The molecule has 0 spiro atoms. The van der Waals surface area contributed by atoms with Gasteiger partial charge in [0, 0.05) is 33.3 Å². The summed E-state index contributed by atoms with van der Waals surface area (Å²) >= 11 is 8.63. The Bertz CT molecular complexity index is 123. The van der Waals surface area contributed by atoms with Crippen LogP contribution in [0.2, 0.25) is 0 Å². The number of rotatable bonds is 8. The van der Waals surface area contributed by atoms with Crippen LogP contribution in [-0.2, 0) is 0 Å². The molecular weight excluding hydrogens is 413 g/mol. The van der Waals surface area contributed by atoms with E-state index in [0.717, 1.165) is 24.1 Å². The lowest BCUT2D eigenvalue weighted by atomic mass is 9.81. The van der Waals surface area contributed by atoms with E-state index in [0.29, 0.717) is 6.61 Å². The van der Waals surface area contributed by atoms with Crippen molar-refractivity contribution in [2.75, 3.05) is 31.0 Å². The second-order valence-corrected chi connectivity index (χ2v) is 5.13. The largest absolute Gasteiger partial charge is 0.396 e. The summed E-state index contributed by atoms with van der Waals surface area (Å²) in [5, 5.41) is 24.6. The lowest BCUT2D eigenvalue weighted by molar-refractivity contribution is 0.186. The monoisotopic (exact) mass is 458 g/mol. The van der Waals surface area contributed by atoms with Gasteiger partial charge >= 0.3 is 0 Å². The molecular formula is C19H46B2BrClO3. The quantitative estimate of drug-likeness (QED) is 0.205. The zero-order chi connectivity index (χ0) is 20.5. The van der Waals surface area contributed by atoms with Crippen molar-refractivity contribution in [3.05, 3.63) is 0 Å². The van der Waals surface area contributed by atoms with E-state index in [1.54, 1.807) is 0 Å². The van der Waals surface area contributed by atoms with Crippen LogP contribution in [0.25, 0.3) is 0 Å². The van der Waals surface area contributed by atoms with Crippen LogP contribution in [-0.4, -0.2) is 61.8 Å². The normalized spacial score (nSPS) is 6.69. The highest BCUT2D eigenvalue weighted by molar-refractivity contribution is 9.09. The minimum Gasteiger partial charge on any atom is -0.396 e. The van der Waals surface area contributed by atoms with E-state index in [2.05, 4.69) is 65.0 Å². The summed E-state index contributed by atoms with van der Waals surface area (Å²) in [6.45, 7) is 6.53. The molecule has 0 amide bonds. The van der Waals surface area contributed by atoms with Crippen LogP contribution < -0.4 is 0 Å². The van der Waals surface area contributed by atoms with Crippen LogP contribution in [0.3, 0.4) is 0 Å². The van der Waals surface area contributed by atoms with Crippen LogP contribution in [0.5, 0.6) is 0 Å². The van der Waals surface area contributed by atoms with Crippen LogP contribution in [0.4, 0.5) is 0 Å². The van der Waals surface area contributed by atoms with Gasteiger partial charge in [-0.25, -0.2) is 0 Å². The molecule has 0 aromatic carbocycles. The summed E-state index contributed by atoms with van der Waals surface area (Å²) in [6, 6.07) is 0. The molecule has 0 atom stereocenters. The van der Waals surface area contributed by atoms with Gasteiger partial charge in [0.05, 0.1) is 13.2 Å². The molecule has 4 radical (unpaired) electrons. The molecule has 0 aromatic rings. The van der Waals surface area contributed by atoms with Crippen LogP contribution >= 0.6 is 27.5 Å². The van der Waals surface area contributed by atoms with Crippen LogP contribution in [0.1, 0.15) is 80.6 Å². The summed E-state index contributed by atoms with van der Waals surface area (Å²) in [5.74, 6) is 0.827.